The average Bonchev–Trinajstić information content (AvgIpc) is 3.07. The van der Waals surface area contributed by atoms with Gasteiger partial charge in [-0.05, 0) is 104 Å². The van der Waals surface area contributed by atoms with Crippen molar-refractivity contribution < 1.29 is 23.9 Å². The lowest BCUT2D eigenvalue weighted by Gasteiger charge is -2.34. The van der Waals surface area contributed by atoms with Crippen LogP contribution in [0.2, 0.25) is 0 Å². The van der Waals surface area contributed by atoms with Gasteiger partial charge in [-0.15, -0.1) is 0 Å². The molecular formula is C38H47N5O5. The van der Waals surface area contributed by atoms with Crippen LogP contribution in [0.4, 0.5) is 5.69 Å². The summed E-state index contributed by atoms with van der Waals surface area (Å²) in [6.07, 6.45) is 3.31. The van der Waals surface area contributed by atoms with Crippen LogP contribution in [0.5, 0.6) is 5.75 Å². The maximum absolute atomic E-state index is 14.0. The van der Waals surface area contributed by atoms with E-state index in [0.29, 0.717) is 38.2 Å². The molecule has 10 nitrogen and oxygen atoms in total. The van der Waals surface area contributed by atoms with Crippen molar-refractivity contribution in [2.24, 2.45) is 5.92 Å². The summed E-state index contributed by atoms with van der Waals surface area (Å²) in [7, 11) is 0. The summed E-state index contributed by atoms with van der Waals surface area (Å²) < 4.78 is 6.11. The van der Waals surface area contributed by atoms with Crippen LogP contribution in [0.25, 0.3) is 0 Å². The Balaban J connectivity index is 1.40. The third-order valence-electron chi connectivity index (χ3n) is 9.39. The molecular weight excluding hydrogens is 606 g/mol. The number of benzene rings is 3. The molecule has 254 valence electrons. The fourth-order valence-corrected chi connectivity index (χ4v) is 6.45. The molecule has 0 radical (unpaired) electrons. The van der Waals surface area contributed by atoms with E-state index in [0.717, 1.165) is 52.8 Å². The Morgan fingerprint density at radius 3 is 2.58 bits per heavy atom. The summed E-state index contributed by atoms with van der Waals surface area (Å²) in [6, 6.07) is 18.8. The summed E-state index contributed by atoms with van der Waals surface area (Å²) in [5.74, 6) is -0.523. The first-order chi connectivity index (χ1) is 23.1. The highest BCUT2D eigenvalue weighted by Gasteiger charge is 2.32. The molecule has 0 aliphatic carbocycles. The van der Waals surface area contributed by atoms with Crippen molar-refractivity contribution in [3.05, 3.63) is 94.5 Å². The fraction of sp³-hybridized carbons (Fsp3) is 0.421. The van der Waals surface area contributed by atoms with Crippen LogP contribution in [0, 0.1) is 19.8 Å². The van der Waals surface area contributed by atoms with Crippen LogP contribution in [0.3, 0.4) is 0 Å². The summed E-state index contributed by atoms with van der Waals surface area (Å²) in [4.78, 5) is 56.5. The number of hydrogen-bond donors (Lipinski definition) is 4. The van der Waals surface area contributed by atoms with Crippen molar-refractivity contribution in [1.82, 2.24) is 20.9 Å². The van der Waals surface area contributed by atoms with Gasteiger partial charge in [0.25, 0.3) is 0 Å². The Morgan fingerprint density at radius 1 is 0.979 bits per heavy atom. The van der Waals surface area contributed by atoms with Gasteiger partial charge in [0.2, 0.25) is 23.6 Å². The molecule has 2 aliphatic rings. The van der Waals surface area contributed by atoms with Gasteiger partial charge >= 0.3 is 0 Å². The quantitative estimate of drug-likeness (QED) is 0.299. The van der Waals surface area contributed by atoms with Crippen LogP contribution in [-0.2, 0) is 38.6 Å². The number of nitrogen functional groups attached to an aromatic ring is 1. The summed E-state index contributed by atoms with van der Waals surface area (Å²) in [5, 5.41) is 8.72. The number of fused-ring (bicyclic) bond motifs is 4. The SMILES string of the molecule is Cc1ccc2cc1CNC(=O)[C@H](CCc1ccccc1)NC(=O)[C@@H](NC(=O)Cc1ccc(N)cc1C)CC(=O)N1CCCC(CCO2)C1. The Morgan fingerprint density at radius 2 is 1.79 bits per heavy atom. The number of amides is 4. The van der Waals surface area contributed by atoms with E-state index in [1.165, 1.54) is 0 Å². The van der Waals surface area contributed by atoms with Crippen LogP contribution >= 0.6 is 0 Å². The van der Waals surface area contributed by atoms with Gasteiger partial charge in [-0.3, -0.25) is 19.2 Å². The predicted octanol–water partition coefficient (Wildman–Crippen LogP) is 3.76. The topological polar surface area (TPSA) is 143 Å². The van der Waals surface area contributed by atoms with Crippen molar-refractivity contribution in [2.75, 3.05) is 25.4 Å². The second-order valence-corrected chi connectivity index (χ2v) is 13.1. The van der Waals surface area contributed by atoms with Crippen molar-refractivity contribution in [1.29, 1.82) is 0 Å². The maximum Gasteiger partial charge on any atom is 0.243 e. The number of nitrogens with one attached hydrogen (secondary N) is 3. The molecule has 0 saturated carbocycles. The number of carbonyl (C=O) groups excluding carboxylic acids is 4. The van der Waals surface area contributed by atoms with E-state index in [2.05, 4.69) is 16.0 Å². The molecule has 1 unspecified atom stereocenters. The number of ether oxygens (including phenoxy) is 1. The standard InChI is InChI=1S/C38H47N5O5/c1-25-10-14-32-20-30(25)23-40-37(46)33(15-11-27-7-4-3-5-8-27)42-38(47)34(41-35(44)21-29-12-13-31(39)19-26(29)2)22-36(45)43-17-6-9-28(24-43)16-18-48-32/h3-5,7-8,10,12-14,19-20,28,33-34H,6,9,11,15-18,21-24,39H2,1-2H3,(H,40,46)(H,41,44)(H,42,47)/t28?,33-,34-/m0/s1. The normalized spacial score (nSPS) is 20.8. The average molecular weight is 654 g/mol. The molecule has 1 saturated heterocycles. The Bertz CT molecular complexity index is 1610. The minimum atomic E-state index is -1.16. The lowest BCUT2D eigenvalue weighted by atomic mass is 9.94. The molecule has 0 aromatic heterocycles. The molecule has 4 amide bonds. The van der Waals surface area contributed by atoms with E-state index in [1.54, 1.807) is 23.1 Å². The van der Waals surface area contributed by atoms with Gasteiger partial charge in [-0.2, -0.15) is 0 Å². The first kappa shape index (κ1) is 34.5. The molecule has 5 rings (SSSR count). The van der Waals surface area contributed by atoms with Crippen LogP contribution in [0.1, 0.15) is 59.9 Å². The van der Waals surface area contributed by atoms with Crippen molar-refractivity contribution in [3.63, 3.8) is 0 Å². The van der Waals surface area contributed by atoms with E-state index in [9.17, 15) is 19.2 Å². The fourth-order valence-electron chi connectivity index (χ4n) is 6.45. The van der Waals surface area contributed by atoms with Gasteiger partial charge in [-0.1, -0.05) is 42.5 Å². The van der Waals surface area contributed by atoms with Gasteiger partial charge < -0.3 is 31.3 Å². The third-order valence-corrected chi connectivity index (χ3v) is 9.39. The highest BCUT2D eigenvalue weighted by Crippen LogP contribution is 2.23. The van der Waals surface area contributed by atoms with E-state index in [1.807, 2.05) is 62.4 Å². The number of carbonyl (C=O) groups is 4. The molecule has 2 aliphatic heterocycles. The first-order valence-electron chi connectivity index (χ1n) is 16.9. The monoisotopic (exact) mass is 653 g/mol. The van der Waals surface area contributed by atoms with Gasteiger partial charge in [0.1, 0.15) is 17.8 Å². The van der Waals surface area contributed by atoms with E-state index in [-0.39, 0.29) is 37.1 Å². The number of aryl methyl sites for hydroxylation is 3. The van der Waals surface area contributed by atoms with Crippen molar-refractivity contribution in [2.45, 2.75) is 77.4 Å². The molecule has 1 fully saturated rings. The Hall–Kier alpha value is -4.86. The largest absolute Gasteiger partial charge is 0.494 e. The number of nitrogens with zero attached hydrogens (tertiary/aromatic N) is 1. The van der Waals surface area contributed by atoms with Crippen LogP contribution in [0.15, 0.2) is 66.7 Å². The molecule has 3 aromatic carbocycles. The summed E-state index contributed by atoms with van der Waals surface area (Å²) >= 11 is 0. The van der Waals surface area contributed by atoms with Crippen molar-refractivity contribution >= 4 is 29.3 Å². The summed E-state index contributed by atoms with van der Waals surface area (Å²) in [6.45, 7) is 5.78. The van der Waals surface area contributed by atoms with Gasteiger partial charge in [0, 0.05) is 25.3 Å². The molecule has 3 aromatic rings. The first-order valence-corrected chi connectivity index (χ1v) is 16.9. The van der Waals surface area contributed by atoms with Gasteiger partial charge in [0.05, 0.1) is 19.4 Å². The second kappa shape index (κ2) is 16.3. The molecule has 5 N–H and O–H groups in total. The number of anilines is 1. The van der Waals surface area contributed by atoms with Crippen molar-refractivity contribution in [3.8, 4) is 5.75 Å². The highest BCUT2D eigenvalue weighted by atomic mass is 16.5. The molecule has 3 atom stereocenters. The van der Waals surface area contributed by atoms with Gasteiger partial charge in [0.15, 0.2) is 0 Å². The predicted molar refractivity (Wildman–Crippen MR) is 185 cm³/mol. The Kier molecular flexibility index (Phi) is 11.7. The minimum Gasteiger partial charge on any atom is -0.494 e. The smallest absolute Gasteiger partial charge is 0.243 e. The maximum atomic E-state index is 14.0. The molecule has 2 heterocycles. The number of rotatable bonds is 6. The zero-order chi connectivity index (χ0) is 34.0. The highest BCUT2D eigenvalue weighted by molar-refractivity contribution is 5.95. The van der Waals surface area contributed by atoms with E-state index >= 15 is 0 Å². The summed E-state index contributed by atoms with van der Waals surface area (Å²) in [5.41, 5.74) is 11.1. The van der Waals surface area contributed by atoms with E-state index < -0.39 is 23.9 Å². The number of hydrogen-bond acceptors (Lipinski definition) is 6. The lowest BCUT2D eigenvalue weighted by molar-refractivity contribution is -0.138. The molecule has 48 heavy (non-hydrogen) atoms. The zero-order valence-corrected chi connectivity index (χ0v) is 27.9. The van der Waals surface area contributed by atoms with Crippen LogP contribution in [-0.4, -0.2) is 60.3 Å². The minimum absolute atomic E-state index is 0.0200. The molecule has 10 heteroatoms. The number of piperidine rings is 1. The zero-order valence-electron chi connectivity index (χ0n) is 27.9. The Labute approximate surface area is 282 Å². The van der Waals surface area contributed by atoms with E-state index in [4.69, 9.17) is 10.5 Å². The second-order valence-electron chi connectivity index (χ2n) is 13.1. The molecule has 0 spiro atoms. The van der Waals surface area contributed by atoms with Crippen LogP contribution < -0.4 is 26.4 Å². The number of nitrogens with two attached hydrogens (primary N) is 1. The van der Waals surface area contributed by atoms with Gasteiger partial charge in [-0.25, -0.2) is 0 Å². The lowest BCUT2D eigenvalue weighted by Crippen LogP contribution is -2.55. The third kappa shape index (κ3) is 9.59. The molecule has 4 bridgehead atoms.